The van der Waals surface area contributed by atoms with E-state index in [0.717, 1.165) is 40.7 Å². The number of hydrogen-bond acceptors (Lipinski definition) is 3. The topological polar surface area (TPSA) is 68.9 Å². The van der Waals surface area contributed by atoms with Gasteiger partial charge in [-0.15, -0.1) is 0 Å². The summed E-state index contributed by atoms with van der Waals surface area (Å²) in [6.07, 6.45) is 1.69. The molecular weight excluding hydrogens is 460 g/mol. The molecule has 0 spiro atoms. The summed E-state index contributed by atoms with van der Waals surface area (Å²) >= 11 is 0. The summed E-state index contributed by atoms with van der Waals surface area (Å²) in [5.41, 5.74) is 4.98. The lowest BCUT2D eigenvalue weighted by molar-refractivity contribution is -0.122. The van der Waals surface area contributed by atoms with Gasteiger partial charge in [0.05, 0.1) is 11.4 Å². The van der Waals surface area contributed by atoms with E-state index in [0.29, 0.717) is 5.65 Å². The molecule has 0 saturated heterocycles. The van der Waals surface area contributed by atoms with E-state index in [2.05, 4.69) is 17.4 Å². The molecule has 1 amide bonds. The largest absolute Gasteiger partial charge is 0.352 e. The van der Waals surface area contributed by atoms with E-state index in [1.54, 1.807) is 10.7 Å². The molecule has 5 rings (SSSR count). The first-order valence-electron chi connectivity index (χ1n) is 12.6. The minimum Gasteiger partial charge on any atom is -0.352 e. The Hall–Kier alpha value is -4.45. The van der Waals surface area contributed by atoms with Crippen LogP contribution in [0.15, 0.2) is 102 Å². The van der Waals surface area contributed by atoms with Gasteiger partial charge < -0.3 is 5.32 Å². The molecule has 0 aliphatic heterocycles. The monoisotopic (exact) mass is 490 g/mol. The minimum atomic E-state index is -0.240. The van der Waals surface area contributed by atoms with Crippen LogP contribution in [0, 0.1) is 6.92 Å². The van der Waals surface area contributed by atoms with Crippen LogP contribution in [0.4, 0.5) is 0 Å². The fourth-order valence-corrected chi connectivity index (χ4v) is 4.77. The number of amides is 1. The minimum absolute atomic E-state index is 0.0248. The number of pyridine rings is 1. The number of nitrogens with zero attached hydrogens (tertiary/aromatic N) is 3. The van der Waals surface area contributed by atoms with E-state index in [1.165, 1.54) is 10.1 Å². The standard InChI is InChI=1S/C31H30N4O2/c1-22(18-19-24-12-6-3-7-13-24)32-28(36)21-34-29(37)20-27(25-14-8-4-9-15-25)30-23(2)33-35(31(30)34)26-16-10-5-11-17-26/h3-17,20,22H,18-19,21H2,1-2H3,(H,32,36). The zero-order chi connectivity index (χ0) is 25.8. The summed E-state index contributed by atoms with van der Waals surface area (Å²) in [6, 6.07) is 31.3. The predicted octanol–water partition coefficient (Wildman–Crippen LogP) is 5.30. The maximum absolute atomic E-state index is 13.5. The van der Waals surface area contributed by atoms with E-state index < -0.39 is 0 Å². The molecule has 0 aliphatic carbocycles. The molecule has 2 aromatic heterocycles. The smallest absolute Gasteiger partial charge is 0.253 e. The van der Waals surface area contributed by atoms with E-state index in [9.17, 15) is 9.59 Å². The van der Waals surface area contributed by atoms with Gasteiger partial charge in [0.1, 0.15) is 12.2 Å². The van der Waals surface area contributed by atoms with Crippen LogP contribution in [0.3, 0.4) is 0 Å². The third-order valence-electron chi connectivity index (χ3n) is 6.60. The summed E-state index contributed by atoms with van der Waals surface area (Å²) < 4.78 is 3.30. The average Bonchev–Trinajstić information content (AvgIpc) is 3.27. The predicted molar refractivity (Wildman–Crippen MR) is 148 cm³/mol. The molecule has 1 atom stereocenters. The van der Waals surface area contributed by atoms with Crippen molar-refractivity contribution in [3.63, 3.8) is 0 Å². The number of hydrogen-bond donors (Lipinski definition) is 1. The molecule has 0 bridgehead atoms. The summed E-state index contributed by atoms with van der Waals surface area (Å²) in [7, 11) is 0. The lowest BCUT2D eigenvalue weighted by Crippen LogP contribution is -2.38. The van der Waals surface area contributed by atoms with Gasteiger partial charge >= 0.3 is 0 Å². The molecular formula is C31H30N4O2. The molecule has 2 heterocycles. The molecule has 0 aliphatic rings. The number of fused-ring (bicyclic) bond motifs is 1. The Labute approximate surface area is 216 Å². The Morgan fingerprint density at radius 2 is 1.54 bits per heavy atom. The van der Waals surface area contributed by atoms with Gasteiger partial charge in [-0.1, -0.05) is 78.9 Å². The number of carbonyl (C=O) groups is 1. The quantitative estimate of drug-likeness (QED) is 0.321. The molecule has 1 N–H and O–H groups in total. The van der Waals surface area contributed by atoms with Crippen molar-refractivity contribution in [1.82, 2.24) is 19.7 Å². The number of rotatable bonds is 8. The van der Waals surface area contributed by atoms with E-state index in [-0.39, 0.29) is 24.1 Å². The number of carbonyl (C=O) groups excluding carboxylic acids is 1. The first-order valence-corrected chi connectivity index (χ1v) is 12.6. The first-order chi connectivity index (χ1) is 18.0. The highest BCUT2D eigenvalue weighted by Crippen LogP contribution is 2.31. The van der Waals surface area contributed by atoms with Crippen LogP contribution in [0.5, 0.6) is 0 Å². The molecule has 6 nitrogen and oxygen atoms in total. The van der Waals surface area contributed by atoms with E-state index in [1.807, 2.05) is 92.7 Å². The zero-order valence-corrected chi connectivity index (χ0v) is 21.1. The molecule has 0 fully saturated rings. The van der Waals surface area contributed by atoms with Gasteiger partial charge in [-0.25, -0.2) is 4.68 Å². The number of benzene rings is 3. The Morgan fingerprint density at radius 1 is 0.919 bits per heavy atom. The van der Waals surface area contributed by atoms with Gasteiger partial charge in [-0.05, 0) is 55.5 Å². The highest BCUT2D eigenvalue weighted by Gasteiger charge is 2.21. The summed E-state index contributed by atoms with van der Waals surface area (Å²) in [5.74, 6) is -0.199. The summed E-state index contributed by atoms with van der Waals surface area (Å²) in [4.78, 5) is 26.6. The molecule has 3 aromatic carbocycles. The van der Waals surface area contributed by atoms with Gasteiger partial charge in [-0.3, -0.25) is 14.2 Å². The zero-order valence-electron chi connectivity index (χ0n) is 21.1. The second-order valence-corrected chi connectivity index (χ2v) is 9.37. The van der Waals surface area contributed by atoms with Crippen molar-refractivity contribution >= 4 is 16.9 Å². The fraction of sp³-hybridized carbons (Fsp3) is 0.194. The average molecular weight is 491 g/mol. The third kappa shape index (κ3) is 5.23. The van der Waals surface area contributed by atoms with Crippen LogP contribution in [0.25, 0.3) is 27.8 Å². The van der Waals surface area contributed by atoms with Crippen molar-refractivity contribution in [3.8, 4) is 16.8 Å². The van der Waals surface area contributed by atoms with Crippen molar-refractivity contribution in [3.05, 3.63) is 119 Å². The van der Waals surface area contributed by atoms with Crippen LogP contribution in [-0.2, 0) is 17.8 Å². The maximum Gasteiger partial charge on any atom is 0.253 e. The number of aryl methyl sites for hydroxylation is 2. The molecule has 6 heteroatoms. The van der Waals surface area contributed by atoms with Crippen LogP contribution < -0.4 is 10.9 Å². The number of aromatic nitrogens is 3. The Morgan fingerprint density at radius 3 is 2.22 bits per heavy atom. The fourth-order valence-electron chi connectivity index (χ4n) is 4.77. The van der Waals surface area contributed by atoms with Gasteiger partial charge in [-0.2, -0.15) is 5.10 Å². The molecule has 0 radical (unpaired) electrons. The SMILES string of the molecule is Cc1nn(-c2ccccc2)c2c1c(-c1ccccc1)cc(=O)n2CC(=O)NC(C)CCc1ccccc1. The third-order valence-corrected chi connectivity index (χ3v) is 6.60. The Balaban J connectivity index is 1.51. The molecule has 37 heavy (non-hydrogen) atoms. The number of para-hydroxylation sites is 1. The summed E-state index contributed by atoms with van der Waals surface area (Å²) in [5, 5.41) is 8.74. The highest BCUT2D eigenvalue weighted by atomic mass is 16.2. The van der Waals surface area contributed by atoms with Gasteiger partial charge in [0, 0.05) is 17.5 Å². The van der Waals surface area contributed by atoms with E-state index >= 15 is 0 Å². The van der Waals surface area contributed by atoms with Crippen LogP contribution in [-0.4, -0.2) is 26.3 Å². The molecule has 0 saturated carbocycles. The second kappa shape index (κ2) is 10.7. The normalized spacial score (nSPS) is 11.9. The van der Waals surface area contributed by atoms with Crippen molar-refractivity contribution in [2.24, 2.45) is 0 Å². The molecule has 5 aromatic rings. The number of nitrogens with one attached hydrogen (secondary N) is 1. The second-order valence-electron chi connectivity index (χ2n) is 9.37. The molecule has 1 unspecified atom stereocenters. The summed E-state index contributed by atoms with van der Waals surface area (Å²) in [6.45, 7) is 3.85. The van der Waals surface area contributed by atoms with Crippen molar-refractivity contribution in [2.45, 2.75) is 39.3 Å². The van der Waals surface area contributed by atoms with Crippen molar-refractivity contribution in [1.29, 1.82) is 0 Å². The lowest BCUT2D eigenvalue weighted by atomic mass is 10.0. The van der Waals surface area contributed by atoms with Gasteiger partial charge in [0.2, 0.25) is 5.91 Å². The first kappa shape index (κ1) is 24.3. The van der Waals surface area contributed by atoms with Gasteiger partial charge in [0.25, 0.3) is 5.56 Å². The van der Waals surface area contributed by atoms with E-state index in [4.69, 9.17) is 5.10 Å². The van der Waals surface area contributed by atoms with Crippen molar-refractivity contribution < 1.29 is 4.79 Å². The maximum atomic E-state index is 13.5. The highest BCUT2D eigenvalue weighted by molar-refractivity contribution is 5.96. The Bertz CT molecular complexity index is 1570. The molecule has 186 valence electrons. The van der Waals surface area contributed by atoms with Crippen molar-refractivity contribution in [2.75, 3.05) is 0 Å². The van der Waals surface area contributed by atoms with Gasteiger partial charge in [0.15, 0.2) is 0 Å². The lowest BCUT2D eigenvalue weighted by Gasteiger charge is -2.17. The Kier molecular flexibility index (Phi) is 6.99. The van der Waals surface area contributed by atoms with Crippen LogP contribution in [0.2, 0.25) is 0 Å². The van der Waals surface area contributed by atoms with Crippen LogP contribution in [0.1, 0.15) is 24.6 Å². The van der Waals surface area contributed by atoms with Crippen LogP contribution >= 0.6 is 0 Å².